The molecule has 0 bridgehead atoms. The highest BCUT2D eigenvalue weighted by Gasteiger charge is 2.04. The maximum atomic E-state index is 11.8. The standard InChI is InChI=1S/C18H17NO5/c20-12-14-3-7-16(8-4-14)24-10-9-17(21)19-11-13-1-5-15(6-2-13)18(22)23/h1-8,12H,9-11H2,(H,19,21)(H,22,23). The number of aromatic carboxylic acids is 1. The second kappa shape index (κ2) is 8.47. The van der Waals surface area contributed by atoms with Gasteiger partial charge in [0.25, 0.3) is 0 Å². The Hall–Kier alpha value is -3.15. The second-order valence-electron chi connectivity index (χ2n) is 5.06. The van der Waals surface area contributed by atoms with Crippen LogP contribution in [-0.2, 0) is 11.3 Å². The van der Waals surface area contributed by atoms with Gasteiger partial charge in [-0.2, -0.15) is 0 Å². The zero-order chi connectivity index (χ0) is 17.4. The molecule has 6 heteroatoms. The van der Waals surface area contributed by atoms with Gasteiger partial charge in [0.05, 0.1) is 18.6 Å². The Kier molecular flexibility index (Phi) is 6.08. The van der Waals surface area contributed by atoms with Gasteiger partial charge in [0.15, 0.2) is 0 Å². The molecule has 0 spiro atoms. The fourth-order valence-corrected chi connectivity index (χ4v) is 1.96. The Labute approximate surface area is 139 Å². The van der Waals surface area contributed by atoms with E-state index in [0.717, 1.165) is 11.8 Å². The molecule has 0 fully saturated rings. The third-order valence-electron chi connectivity index (χ3n) is 3.30. The van der Waals surface area contributed by atoms with Crippen LogP contribution in [-0.4, -0.2) is 29.9 Å². The SMILES string of the molecule is O=Cc1ccc(OCCC(=O)NCc2ccc(C(=O)O)cc2)cc1. The lowest BCUT2D eigenvalue weighted by Gasteiger charge is -2.08. The molecule has 24 heavy (non-hydrogen) atoms. The minimum absolute atomic E-state index is 0.165. The van der Waals surface area contributed by atoms with Gasteiger partial charge in [-0.25, -0.2) is 4.79 Å². The highest BCUT2D eigenvalue weighted by atomic mass is 16.5. The average Bonchev–Trinajstić information content (AvgIpc) is 2.61. The monoisotopic (exact) mass is 327 g/mol. The topological polar surface area (TPSA) is 92.7 Å². The summed E-state index contributed by atoms with van der Waals surface area (Å²) < 4.78 is 5.43. The van der Waals surface area contributed by atoms with Crippen molar-refractivity contribution in [2.45, 2.75) is 13.0 Å². The fourth-order valence-electron chi connectivity index (χ4n) is 1.96. The summed E-state index contributed by atoms with van der Waals surface area (Å²) in [6.07, 6.45) is 0.947. The number of carbonyl (C=O) groups is 3. The molecule has 2 rings (SSSR count). The van der Waals surface area contributed by atoms with E-state index in [9.17, 15) is 14.4 Å². The van der Waals surface area contributed by atoms with Gasteiger partial charge in [0.2, 0.25) is 5.91 Å². The zero-order valence-corrected chi connectivity index (χ0v) is 12.9. The van der Waals surface area contributed by atoms with Crippen molar-refractivity contribution >= 4 is 18.2 Å². The van der Waals surface area contributed by atoms with Crippen LogP contribution in [0.15, 0.2) is 48.5 Å². The Balaban J connectivity index is 1.70. The van der Waals surface area contributed by atoms with E-state index in [1.165, 1.54) is 12.1 Å². The number of carboxylic acid groups (broad SMARTS) is 1. The van der Waals surface area contributed by atoms with Crippen molar-refractivity contribution in [3.8, 4) is 5.75 Å². The average molecular weight is 327 g/mol. The molecular formula is C18H17NO5. The third-order valence-corrected chi connectivity index (χ3v) is 3.30. The van der Waals surface area contributed by atoms with Crippen LogP contribution in [0.25, 0.3) is 0 Å². The normalized spacial score (nSPS) is 10.0. The Bertz CT molecular complexity index is 707. The smallest absolute Gasteiger partial charge is 0.335 e. The van der Waals surface area contributed by atoms with E-state index in [1.54, 1.807) is 36.4 Å². The molecule has 2 aromatic rings. The highest BCUT2D eigenvalue weighted by molar-refractivity contribution is 5.87. The van der Waals surface area contributed by atoms with Crippen molar-refractivity contribution in [2.75, 3.05) is 6.61 Å². The molecule has 0 aromatic heterocycles. The summed E-state index contributed by atoms with van der Waals surface area (Å²) in [5.41, 5.74) is 1.59. The molecule has 0 radical (unpaired) electrons. The van der Waals surface area contributed by atoms with Gasteiger partial charge < -0.3 is 15.2 Å². The number of ether oxygens (including phenoxy) is 1. The van der Waals surface area contributed by atoms with Crippen molar-refractivity contribution < 1.29 is 24.2 Å². The van der Waals surface area contributed by atoms with Crippen LogP contribution in [0.3, 0.4) is 0 Å². The van der Waals surface area contributed by atoms with E-state index < -0.39 is 5.97 Å². The predicted octanol–water partition coefficient (Wildman–Crippen LogP) is 2.28. The van der Waals surface area contributed by atoms with Gasteiger partial charge in [-0.15, -0.1) is 0 Å². The first kappa shape index (κ1) is 17.2. The van der Waals surface area contributed by atoms with E-state index in [4.69, 9.17) is 9.84 Å². The minimum atomic E-state index is -0.982. The Morgan fingerprint density at radius 2 is 1.71 bits per heavy atom. The first-order valence-electron chi connectivity index (χ1n) is 7.35. The molecule has 0 unspecified atom stereocenters. The van der Waals surface area contributed by atoms with E-state index in [2.05, 4.69) is 5.32 Å². The Morgan fingerprint density at radius 3 is 2.29 bits per heavy atom. The van der Waals surface area contributed by atoms with Crippen molar-refractivity contribution in [1.82, 2.24) is 5.32 Å². The Morgan fingerprint density at radius 1 is 1.04 bits per heavy atom. The van der Waals surface area contributed by atoms with Crippen molar-refractivity contribution in [2.24, 2.45) is 0 Å². The summed E-state index contributed by atoms with van der Waals surface area (Å²) >= 11 is 0. The van der Waals surface area contributed by atoms with Gasteiger partial charge in [0, 0.05) is 12.1 Å². The first-order chi connectivity index (χ1) is 11.6. The minimum Gasteiger partial charge on any atom is -0.493 e. The van der Waals surface area contributed by atoms with Crippen LogP contribution in [0.1, 0.15) is 32.7 Å². The summed E-state index contributed by atoms with van der Waals surface area (Å²) in [5.74, 6) is -0.552. The number of benzene rings is 2. The number of aldehydes is 1. The van der Waals surface area contributed by atoms with Crippen LogP contribution in [0.4, 0.5) is 0 Å². The molecule has 2 aromatic carbocycles. The molecule has 0 saturated carbocycles. The number of nitrogens with one attached hydrogen (secondary N) is 1. The van der Waals surface area contributed by atoms with Crippen molar-refractivity contribution in [1.29, 1.82) is 0 Å². The number of rotatable bonds is 8. The zero-order valence-electron chi connectivity index (χ0n) is 12.9. The second-order valence-corrected chi connectivity index (χ2v) is 5.06. The molecule has 0 aliphatic rings. The summed E-state index contributed by atoms with van der Waals surface area (Å²) in [6, 6.07) is 12.9. The molecular weight excluding hydrogens is 310 g/mol. The van der Waals surface area contributed by atoms with Gasteiger partial charge in [-0.05, 0) is 42.0 Å². The largest absolute Gasteiger partial charge is 0.493 e. The number of carbonyl (C=O) groups excluding carboxylic acids is 2. The quantitative estimate of drug-likeness (QED) is 0.726. The molecule has 124 valence electrons. The number of amides is 1. The predicted molar refractivity (Wildman–Crippen MR) is 87.2 cm³/mol. The summed E-state index contributed by atoms with van der Waals surface area (Å²) in [5, 5.41) is 11.6. The van der Waals surface area contributed by atoms with Gasteiger partial charge >= 0.3 is 5.97 Å². The maximum Gasteiger partial charge on any atom is 0.335 e. The highest BCUT2D eigenvalue weighted by Crippen LogP contribution is 2.11. The lowest BCUT2D eigenvalue weighted by Crippen LogP contribution is -2.24. The molecule has 0 heterocycles. The summed E-state index contributed by atoms with van der Waals surface area (Å²) in [4.78, 5) is 33.0. The maximum absolute atomic E-state index is 11.8. The van der Waals surface area contributed by atoms with Crippen LogP contribution in [0, 0.1) is 0 Å². The molecule has 6 nitrogen and oxygen atoms in total. The molecule has 0 aliphatic heterocycles. The number of hydrogen-bond donors (Lipinski definition) is 2. The molecule has 0 aliphatic carbocycles. The lowest BCUT2D eigenvalue weighted by atomic mass is 10.1. The third kappa shape index (κ3) is 5.24. The fraction of sp³-hybridized carbons (Fsp3) is 0.167. The number of hydrogen-bond acceptors (Lipinski definition) is 4. The van der Waals surface area contributed by atoms with Crippen LogP contribution < -0.4 is 10.1 Å². The molecule has 1 amide bonds. The van der Waals surface area contributed by atoms with Gasteiger partial charge in [-0.3, -0.25) is 9.59 Å². The van der Waals surface area contributed by atoms with Crippen molar-refractivity contribution in [3.63, 3.8) is 0 Å². The van der Waals surface area contributed by atoms with Crippen LogP contribution in [0.2, 0.25) is 0 Å². The van der Waals surface area contributed by atoms with E-state index >= 15 is 0 Å². The van der Waals surface area contributed by atoms with Crippen molar-refractivity contribution in [3.05, 3.63) is 65.2 Å². The summed E-state index contributed by atoms with van der Waals surface area (Å²) in [7, 11) is 0. The van der Waals surface area contributed by atoms with Crippen LogP contribution >= 0.6 is 0 Å². The van der Waals surface area contributed by atoms with E-state index in [-0.39, 0.29) is 24.5 Å². The molecule has 0 atom stereocenters. The molecule has 0 saturated heterocycles. The molecule has 2 N–H and O–H groups in total. The number of carboxylic acids is 1. The van der Waals surface area contributed by atoms with Crippen LogP contribution in [0.5, 0.6) is 5.75 Å². The van der Waals surface area contributed by atoms with Gasteiger partial charge in [-0.1, -0.05) is 12.1 Å². The lowest BCUT2D eigenvalue weighted by molar-refractivity contribution is -0.121. The van der Waals surface area contributed by atoms with Gasteiger partial charge in [0.1, 0.15) is 12.0 Å². The summed E-state index contributed by atoms with van der Waals surface area (Å²) in [6.45, 7) is 0.553. The first-order valence-corrected chi connectivity index (χ1v) is 7.35. The van der Waals surface area contributed by atoms with E-state index in [1.807, 2.05) is 0 Å². The van der Waals surface area contributed by atoms with E-state index in [0.29, 0.717) is 17.9 Å².